The summed E-state index contributed by atoms with van der Waals surface area (Å²) in [4.78, 5) is 2.44. The Bertz CT molecular complexity index is 189. The van der Waals surface area contributed by atoms with E-state index in [0.717, 1.165) is 25.6 Å². The molecular weight excluding hydrogens is 174 g/mol. The van der Waals surface area contributed by atoms with Crippen LogP contribution in [0.3, 0.4) is 0 Å². The monoisotopic (exact) mass is 195 g/mol. The van der Waals surface area contributed by atoms with Gasteiger partial charge in [-0.1, -0.05) is 0 Å². The van der Waals surface area contributed by atoms with E-state index in [1.54, 1.807) is 0 Å². The minimum Gasteiger partial charge on any atom is -0.319 e. The van der Waals surface area contributed by atoms with Gasteiger partial charge in [0, 0.05) is 6.04 Å². The summed E-state index contributed by atoms with van der Waals surface area (Å²) < 4.78 is 0. The van der Waals surface area contributed by atoms with E-state index < -0.39 is 0 Å². The third kappa shape index (κ3) is 3.28. The largest absolute Gasteiger partial charge is 0.319 e. The van der Waals surface area contributed by atoms with Gasteiger partial charge in [0.2, 0.25) is 0 Å². The van der Waals surface area contributed by atoms with Crippen molar-refractivity contribution in [1.29, 1.82) is 5.26 Å². The number of likely N-dealkylation sites (tertiary alicyclic amines) is 1. The van der Waals surface area contributed by atoms with Crippen LogP contribution in [0.5, 0.6) is 0 Å². The van der Waals surface area contributed by atoms with Crippen molar-refractivity contribution in [2.24, 2.45) is 5.92 Å². The van der Waals surface area contributed by atoms with Crippen molar-refractivity contribution in [2.75, 3.05) is 26.7 Å². The summed E-state index contributed by atoms with van der Waals surface area (Å²) in [5.74, 6) is 0.838. The normalized spacial score (nSPS) is 21.8. The van der Waals surface area contributed by atoms with Crippen molar-refractivity contribution in [3.05, 3.63) is 0 Å². The molecule has 1 aliphatic rings. The zero-order valence-corrected chi connectivity index (χ0v) is 9.29. The first-order valence-electron chi connectivity index (χ1n) is 5.53. The van der Waals surface area contributed by atoms with Crippen molar-refractivity contribution < 1.29 is 0 Å². The summed E-state index contributed by atoms with van der Waals surface area (Å²) in [6.45, 7) is 5.62. The molecule has 1 heterocycles. The van der Waals surface area contributed by atoms with Crippen LogP contribution >= 0.6 is 0 Å². The molecule has 3 heteroatoms. The van der Waals surface area contributed by atoms with E-state index in [1.807, 2.05) is 7.05 Å². The Labute approximate surface area is 87.1 Å². The summed E-state index contributed by atoms with van der Waals surface area (Å²) in [5, 5.41) is 11.9. The molecule has 1 fully saturated rings. The maximum absolute atomic E-state index is 8.62. The van der Waals surface area contributed by atoms with Crippen LogP contribution in [0.4, 0.5) is 0 Å². The van der Waals surface area contributed by atoms with Crippen LogP contribution in [0.1, 0.15) is 26.2 Å². The maximum Gasteiger partial charge on any atom is 0.0638 e. The van der Waals surface area contributed by atoms with Crippen LogP contribution in [-0.2, 0) is 0 Å². The fourth-order valence-electron chi connectivity index (χ4n) is 2.15. The number of hydrogen-bond donors (Lipinski definition) is 1. The first-order chi connectivity index (χ1) is 6.77. The quantitative estimate of drug-likeness (QED) is 0.733. The highest BCUT2D eigenvalue weighted by Crippen LogP contribution is 2.18. The van der Waals surface area contributed by atoms with E-state index in [0.29, 0.717) is 12.5 Å². The minimum absolute atomic E-state index is 0.440. The molecule has 1 aliphatic heterocycles. The zero-order chi connectivity index (χ0) is 10.4. The summed E-state index contributed by atoms with van der Waals surface area (Å²) in [7, 11) is 2.02. The predicted octanol–water partition coefficient (Wildman–Crippen LogP) is 1.22. The SMILES string of the molecule is CNCC1CCN(C(C)CC#N)CC1. The van der Waals surface area contributed by atoms with Gasteiger partial charge >= 0.3 is 0 Å². The molecule has 0 aromatic heterocycles. The average Bonchev–Trinajstić information content (AvgIpc) is 2.20. The molecule has 0 amide bonds. The van der Waals surface area contributed by atoms with Gasteiger partial charge < -0.3 is 5.32 Å². The Morgan fingerprint density at radius 2 is 2.14 bits per heavy atom. The van der Waals surface area contributed by atoms with Gasteiger partial charge in [0.15, 0.2) is 0 Å². The lowest BCUT2D eigenvalue weighted by atomic mass is 9.95. The smallest absolute Gasteiger partial charge is 0.0638 e. The Kier molecular flexibility index (Phi) is 4.92. The number of hydrogen-bond acceptors (Lipinski definition) is 3. The predicted molar refractivity (Wildman–Crippen MR) is 57.9 cm³/mol. The third-order valence-corrected chi connectivity index (χ3v) is 3.15. The molecule has 14 heavy (non-hydrogen) atoms. The molecule has 0 saturated carbocycles. The number of nitrogens with one attached hydrogen (secondary N) is 1. The lowest BCUT2D eigenvalue weighted by Gasteiger charge is -2.35. The van der Waals surface area contributed by atoms with Crippen LogP contribution in [0.15, 0.2) is 0 Å². The number of piperidine rings is 1. The van der Waals surface area contributed by atoms with Crippen LogP contribution in [0.25, 0.3) is 0 Å². The Morgan fingerprint density at radius 1 is 1.50 bits per heavy atom. The number of rotatable bonds is 4. The van der Waals surface area contributed by atoms with E-state index >= 15 is 0 Å². The molecule has 1 unspecified atom stereocenters. The molecule has 0 bridgehead atoms. The van der Waals surface area contributed by atoms with Crippen LogP contribution in [0, 0.1) is 17.2 Å². The Balaban J connectivity index is 2.25. The van der Waals surface area contributed by atoms with Gasteiger partial charge in [-0.3, -0.25) is 4.90 Å². The summed E-state index contributed by atoms with van der Waals surface area (Å²) in [6, 6.07) is 2.69. The lowest BCUT2D eigenvalue weighted by Crippen LogP contribution is -2.41. The molecule has 1 N–H and O–H groups in total. The van der Waals surface area contributed by atoms with Crippen molar-refractivity contribution >= 4 is 0 Å². The second kappa shape index (κ2) is 6.00. The molecule has 1 rings (SSSR count). The minimum atomic E-state index is 0.440. The molecule has 0 aromatic rings. The Hall–Kier alpha value is -0.590. The zero-order valence-electron chi connectivity index (χ0n) is 9.29. The van der Waals surface area contributed by atoms with Gasteiger partial charge in [-0.05, 0) is 52.4 Å². The van der Waals surface area contributed by atoms with Crippen molar-refractivity contribution in [2.45, 2.75) is 32.2 Å². The first-order valence-corrected chi connectivity index (χ1v) is 5.53. The molecule has 0 spiro atoms. The van der Waals surface area contributed by atoms with Gasteiger partial charge in [0.25, 0.3) is 0 Å². The van der Waals surface area contributed by atoms with Crippen molar-refractivity contribution in [1.82, 2.24) is 10.2 Å². The Morgan fingerprint density at radius 3 is 2.64 bits per heavy atom. The number of nitriles is 1. The second-order valence-corrected chi connectivity index (χ2v) is 4.25. The lowest BCUT2D eigenvalue weighted by molar-refractivity contribution is 0.142. The van der Waals surface area contributed by atoms with Gasteiger partial charge in [-0.25, -0.2) is 0 Å². The van der Waals surface area contributed by atoms with Gasteiger partial charge in [0.05, 0.1) is 12.5 Å². The summed E-state index contributed by atoms with van der Waals surface area (Å²) in [6.07, 6.45) is 3.21. The van der Waals surface area contributed by atoms with Gasteiger partial charge in [0.1, 0.15) is 0 Å². The molecule has 0 aliphatic carbocycles. The highest BCUT2D eigenvalue weighted by atomic mass is 15.2. The maximum atomic E-state index is 8.62. The molecule has 0 aromatic carbocycles. The highest BCUT2D eigenvalue weighted by molar-refractivity contribution is 4.83. The van der Waals surface area contributed by atoms with Crippen LogP contribution < -0.4 is 5.32 Å². The standard InChI is InChI=1S/C11H21N3/c1-10(3-6-12)14-7-4-11(5-8-14)9-13-2/h10-11,13H,3-5,7-9H2,1-2H3. The fraction of sp³-hybridized carbons (Fsp3) is 0.909. The van der Waals surface area contributed by atoms with Crippen molar-refractivity contribution in [3.8, 4) is 6.07 Å². The highest BCUT2D eigenvalue weighted by Gasteiger charge is 2.21. The summed E-state index contributed by atoms with van der Waals surface area (Å²) in [5.41, 5.74) is 0. The van der Waals surface area contributed by atoms with Gasteiger partial charge in [-0.15, -0.1) is 0 Å². The molecular formula is C11H21N3. The van der Waals surface area contributed by atoms with Crippen molar-refractivity contribution in [3.63, 3.8) is 0 Å². The fourth-order valence-corrected chi connectivity index (χ4v) is 2.15. The van der Waals surface area contributed by atoms with E-state index in [9.17, 15) is 0 Å². The van der Waals surface area contributed by atoms with E-state index in [1.165, 1.54) is 12.8 Å². The van der Waals surface area contributed by atoms with E-state index in [2.05, 4.69) is 23.2 Å². The first kappa shape index (κ1) is 11.5. The average molecular weight is 195 g/mol. The van der Waals surface area contributed by atoms with Gasteiger partial charge in [-0.2, -0.15) is 5.26 Å². The van der Waals surface area contributed by atoms with Crippen LogP contribution in [0.2, 0.25) is 0 Å². The molecule has 80 valence electrons. The van der Waals surface area contributed by atoms with E-state index in [-0.39, 0.29) is 0 Å². The molecule has 1 atom stereocenters. The molecule has 3 nitrogen and oxygen atoms in total. The van der Waals surface area contributed by atoms with Crippen LogP contribution in [-0.4, -0.2) is 37.6 Å². The topological polar surface area (TPSA) is 39.1 Å². The molecule has 1 saturated heterocycles. The number of nitrogens with zero attached hydrogens (tertiary/aromatic N) is 2. The third-order valence-electron chi connectivity index (χ3n) is 3.15. The molecule has 0 radical (unpaired) electrons. The second-order valence-electron chi connectivity index (χ2n) is 4.25. The van der Waals surface area contributed by atoms with E-state index in [4.69, 9.17) is 5.26 Å². The summed E-state index contributed by atoms with van der Waals surface area (Å²) >= 11 is 0.